The van der Waals surface area contributed by atoms with Crippen LogP contribution >= 0.6 is 0 Å². The smallest absolute Gasteiger partial charge is 0.407 e. The molecule has 2 aliphatic heterocycles. The van der Waals surface area contributed by atoms with Crippen LogP contribution in [0.25, 0.3) is 22.5 Å². The highest BCUT2D eigenvalue weighted by Crippen LogP contribution is 2.33. The van der Waals surface area contributed by atoms with Gasteiger partial charge in [0.2, 0.25) is 18.0 Å². The number of rotatable bonds is 13. The number of imidazole rings is 1. The molecule has 0 aliphatic carbocycles. The first-order chi connectivity index (χ1) is 25.4. The molecule has 1 aromatic carbocycles. The molecular formula is C38H51N8O7+. The van der Waals surface area contributed by atoms with Gasteiger partial charge in [-0.2, -0.15) is 0 Å². The van der Waals surface area contributed by atoms with E-state index in [-0.39, 0.29) is 54.4 Å². The van der Waals surface area contributed by atoms with E-state index in [2.05, 4.69) is 35.6 Å². The first-order valence-electron chi connectivity index (χ1n) is 18.2. The van der Waals surface area contributed by atoms with E-state index < -0.39 is 18.2 Å². The van der Waals surface area contributed by atoms with E-state index in [1.165, 1.54) is 14.2 Å². The lowest BCUT2D eigenvalue weighted by atomic mass is 9.94. The SMILES string of the molecule is COC(=O)NC(C)C(C)CC1CCC(CNC(=O)c2ccc(-c3ccc(-c4cnc(C5CCCN5C(=O)C(NC(=O)OC)C(C)C)[nH]4)cn3)cc2)[N+]1=O. The van der Waals surface area contributed by atoms with Crippen LogP contribution in [0.5, 0.6) is 0 Å². The summed E-state index contributed by atoms with van der Waals surface area (Å²) in [7, 11) is 2.60. The van der Waals surface area contributed by atoms with Crippen LogP contribution in [0.1, 0.15) is 82.0 Å². The molecule has 0 saturated carbocycles. The standard InChI is InChI=1S/C38H50N8O7/c1-22(2)33(44-38(50)53-6)36(48)45-17-7-8-32(45)34-40-21-31(43-34)27-13-16-30(39-19-27)25-9-11-26(12-10-25)35(47)41-20-29-15-14-28(46(29)51)18-23(3)24(4)42-37(49)52-5/h9-13,16,19,21-24,28-29,32-33H,7-8,14-15,17-18,20H2,1-6H3,(H3-,40,41,42,43,44,47,49,50)/p+1. The Balaban J connectivity index is 1.14. The van der Waals surface area contributed by atoms with Crippen LogP contribution in [0.4, 0.5) is 9.59 Å². The number of amides is 4. The maximum absolute atomic E-state index is 13.5. The Morgan fingerprint density at radius 1 is 0.887 bits per heavy atom. The van der Waals surface area contributed by atoms with Gasteiger partial charge in [0.25, 0.3) is 5.91 Å². The van der Waals surface area contributed by atoms with Crippen molar-refractivity contribution in [2.75, 3.05) is 27.3 Å². The molecule has 284 valence electrons. The number of methoxy groups -OCH3 is 2. The Kier molecular flexibility index (Phi) is 12.8. The molecule has 4 amide bonds. The van der Waals surface area contributed by atoms with Crippen molar-refractivity contribution in [2.24, 2.45) is 11.8 Å². The van der Waals surface area contributed by atoms with Gasteiger partial charge >= 0.3 is 12.2 Å². The molecular weight excluding hydrogens is 680 g/mol. The third-order valence-electron chi connectivity index (χ3n) is 10.4. The van der Waals surface area contributed by atoms with Crippen LogP contribution in [0, 0.1) is 16.7 Å². The summed E-state index contributed by atoms with van der Waals surface area (Å²) >= 11 is 0. The minimum absolute atomic E-state index is 0.0842. The molecule has 3 aromatic rings. The number of pyridine rings is 1. The molecule has 15 nitrogen and oxygen atoms in total. The fourth-order valence-electron chi connectivity index (χ4n) is 7.05. The monoisotopic (exact) mass is 731 g/mol. The number of nitrogens with one attached hydrogen (secondary N) is 4. The molecule has 53 heavy (non-hydrogen) atoms. The Bertz CT molecular complexity index is 1760. The van der Waals surface area contributed by atoms with Crippen molar-refractivity contribution in [1.29, 1.82) is 0 Å². The zero-order valence-corrected chi connectivity index (χ0v) is 31.3. The van der Waals surface area contributed by atoms with Crippen molar-refractivity contribution < 1.29 is 33.4 Å². The van der Waals surface area contributed by atoms with Gasteiger partial charge in [0.15, 0.2) is 0 Å². The first kappa shape index (κ1) is 38.9. The van der Waals surface area contributed by atoms with Gasteiger partial charge in [0.1, 0.15) is 11.9 Å². The predicted molar refractivity (Wildman–Crippen MR) is 197 cm³/mol. The van der Waals surface area contributed by atoms with Crippen molar-refractivity contribution in [3.63, 3.8) is 0 Å². The van der Waals surface area contributed by atoms with E-state index >= 15 is 0 Å². The molecule has 2 aliphatic rings. The highest BCUT2D eigenvalue weighted by molar-refractivity contribution is 5.94. The molecule has 2 fully saturated rings. The first-order valence-corrected chi connectivity index (χ1v) is 18.2. The summed E-state index contributed by atoms with van der Waals surface area (Å²) in [6.45, 7) is 8.48. The lowest BCUT2D eigenvalue weighted by molar-refractivity contribution is -0.598. The summed E-state index contributed by atoms with van der Waals surface area (Å²) in [6.07, 6.45) is 5.99. The number of hydrogen-bond donors (Lipinski definition) is 4. The Morgan fingerprint density at radius 2 is 1.57 bits per heavy atom. The number of carbonyl (C=O) groups is 4. The van der Waals surface area contributed by atoms with Crippen LogP contribution in [-0.2, 0) is 14.3 Å². The van der Waals surface area contributed by atoms with Gasteiger partial charge < -0.3 is 35.3 Å². The maximum atomic E-state index is 13.5. The summed E-state index contributed by atoms with van der Waals surface area (Å²) in [5.74, 6) is 0.221. The van der Waals surface area contributed by atoms with E-state index in [1.54, 1.807) is 29.4 Å². The number of alkyl carbamates (subject to hydrolysis) is 2. The number of H-pyrrole nitrogens is 1. The molecule has 2 saturated heterocycles. The van der Waals surface area contributed by atoms with Crippen molar-refractivity contribution >= 4 is 24.0 Å². The van der Waals surface area contributed by atoms with E-state index in [4.69, 9.17) is 4.74 Å². The van der Waals surface area contributed by atoms with E-state index in [0.29, 0.717) is 30.8 Å². The molecule has 4 heterocycles. The van der Waals surface area contributed by atoms with Gasteiger partial charge in [0.05, 0.1) is 44.4 Å². The van der Waals surface area contributed by atoms with Crippen LogP contribution in [0.3, 0.4) is 0 Å². The molecule has 4 N–H and O–H groups in total. The number of aromatic nitrogens is 3. The largest absolute Gasteiger partial charge is 0.453 e. The molecule has 0 spiro atoms. The molecule has 2 aromatic heterocycles. The highest BCUT2D eigenvalue weighted by Gasteiger charge is 2.43. The average molecular weight is 732 g/mol. The van der Waals surface area contributed by atoms with Crippen molar-refractivity contribution in [2.45, 2.75) is 90.0 Å². The van der Waals surface area contributed by atoms with E-state index in [9.17, 15) is 24.1 Å². The highest BCUT2D eigenvalue weighted by atomic mass is 16.5. The number of nitroso groups, excluding NO2 is 1. The third kappa shape index (κ3) is 9.37. The lowest BCUT2D eigenvalue weighted by Crippen LogP contribution is -2.51. The fraction of sp³-hybridized carbons (Fsp3) is 0.526. The van der Waals surface area contributed by atoms with E-state index in [1.807, 2.05) is 52.0 Å². The summed E-state index contributed by atoms with van der Waals surface area (Å²) in [6, 6.07) is 9.44. The quantitative estimate of drug-likeness (QED) is 0.176. The second kappa shape index (κ2) is 17.5. The van der Waals surface area contributed by atoms with Gasteiger partial charge in [-0.05, 0) is 55.9 Å². The van der Waals surface area contributed by atoms with Crippen LogP contribution in [0.15, 0.2) is 48.8 Å². The van der Waals surface area contributed by atoms with Crippen molar-refractivity contribution in [3.05, 3.63) is 65.1 Å². The second-order valence-corrected chi connectivity index (χ2v) is 14.3. The number of hydrogen-bond acceptors (Lipinski definition) is 9. The van der Waals surface area contributed by atoms with Crippen molar-refractivity contribution in [1.82, 2.24) is 35.8 Å². The molecule has 6 atom stereocenters. The molecule has 0 radical (unpaired) electrons. The molecule has 0 bridgehead atoms. The summed E-state index contributed by atoms with van der Waals surface area (Å²) < 4.78 is 10.5. The second-order valence-electron chi connectivity index (χ2n) is 14.3. The van der Waals surface area contributed by atoms with Crippen LogP contribution in [0.2, 0.25) is 0 Å². The molecule has 5 rings (SSSR count). The number of carbonyl (C=O) groups excluding carboxylic acids is 4. The predicted octanol–water partition coefficient (Wildman–Crippen LogP) is 4.99. The Morgan fingerprint density at radius 3 is 2.23 bits per heavy atom. The summed E-state index contributed by atoms with van der Waals surface area (Å²) in [5, 5.41) is 8.35. The van der Waals surface area contributed by atoms with Gasteiger partial charge in [-0.25, -0.2) is 14.6 Å². The van der Waals surface area contributed by atoms with Crippen molar-refractivity contribution in [3.8, 4) is 22.5 Å². The van der Waals surface area contributed by atoms with Gasteiger partial charge in [-0.15, -0.1) is 0 Å². The maximum Gasteiger partial charge on any atom is 0.407 e. The van der Waals surface area contributed by atoms with Crippen LogP contribution in [-0.4, -0.2) is 100 Å². The van der Waals surface area contributed by atoms with E-state index in [0.717, 1.165) is 46.5 Å². The topological polar surface area (TPSA) is 188 Å². The Hall–Kier alpha value is -5.34. The lowest BCUT2D eigenvalue weighted by Gasteiger charge is -2.30. The number of nitrogens with zero attached hydrogens (tertiary/aromatic N) is 4. The number of ether oxygens (including phenoxy) is 2. The molecule has 15 heteroatoms. The normalized spacial score (nSPS) is 20.1. The number of likely N-dealkylation sites (tertiary alicyclic amines) is 1. The number of aromatic amines is 1. The Labute approximate surface area is 309 Å². The fourth-order valence-corrected chi connectivity index (χ4v) is 7.05. The minimum Gasteiger partial charge on any atom is -0.453 e. The minimum atomic E-state index is -0.707. The summed E-state index contributed by atoms with van der Waals surface area (Å²) in [4.78, 5) is 77.3. The number of benzene rings is 1. The zero-order chi connectivity index (χ0) is 38.2. The summed E-state index contributed by atoms with van der Waals surface area (Å²) in [5.41, 5.74) is 3.65. The van der Waals surface area contributed by atoms with Gasteiger partial charge in [-0.3, -0.25) is 14.6 Å². The molecule has 6 unspecified atom stereocenters. The average Bonchev–Trinajstić information content (AvgIpc) is 3.93. The van der Waals surface area contributed by atoms with Crippen LogP contribution < -0.4 is 16.0 Å². The zero-order valence-electron chi connectivity index (χ0n) is 31.3. The van der Waals surface area contributed by atoms with Gasteiger partial charge in [0, 0.05) is 64.4 Å². The van der Waals surface area contributed by atoms with Gasteiger partial charge in [-0.1, -0.05) is 32.9 Å². The third-order valence-corrected chi connectivity index (χ3v) is 10.4.